The molecular weight excluding hydrogens is 504 g/mol. The standard InChI is InChI=1S/C22H17ClN2O7S2/c1-31-20-8-6-17(13-21(20)34(29,30)25-16-4-2-3-15(23)12-16)24-33(27,28)18-7-9-19-14(11-18)5-10-22(26)32-19/h2-13,24-25H,1H3. The summed E-state index contributed by atoms with van der Waals surface area (Å²) in [4.78, 5) is 10.9. The number of rotatable bonds is 7. The molecule has 3 aromatic carbocycles. The molecule has 0 unspecified atom stereocenters. The fourth-order valence-corrected chi connectivity index (χ4v) is 5.66. The van der Waals surface area contributed by atoms with E-state index >= 15 is 0 Å². The third kappa shape index (κ3) is 5.01. The van der Waals surface area contributed by atoms with Crippen molar-refractivity contribution in [2.75, 3.05) is 16.6 Å². The summed E-state index contributed by atoms with van der Waals surface area (Å²) in [5, 5.41) is 0.745. The lowest BCUT2D eigenvalue weighted by atomic mass is 10.2. The van der Waals surface area contributed by atoms with Gasteiger partial charge in [0.25, 0.3) is 20.0 Å². The van der Waals surface area contributed by atoms with Gasteiger partial charge in [-0.3, -0.25) is 9.44 Å². The monoisotopic (exact) mass is 520 g/mol. The van der Waals surface area contributed by atoms with Gasteiger partial charge in [-0.05, 0) is 60.7 Å². The van der Waals surface area contributed by atoms with Gasteiger partial charge in [0.1, 0.15) is 16.2 Å². The molecule has 0 fully saturated rings. The van der Waals surface area contributed by atoms with Crippen molar-refractivity contribution in [3.8, 4) is 5.75 Å². The number of nitrogens with one attached hydrogen (secondary N) is 2. The summed E-state index contributed by atoms with van der Waals surface area (Å²) in [6.45, 7) is 0. The first-order valence-electron chi connectivity index (χ1n) is 9.61. The van der Waals surface area contributed by atoms with Crippen molar-refractivity contribution in [1.82, 2.24) is 0 Å². The zero-order chi connectivity index (χ0) is 24.5. The first-order valence-corrected chi connectivity index (χ1v) is 12.9. The van der Waals surface area contributed by atoms with Crippen LogP contribution in [0, 0.1) is 0 Å². The molecule has 12 heteroatoms. The molecule has 1 heterocycles. The Morgan fingerprint density at radius 1 is 0.824 bits per heavy atom. The van der Waals surface area contributed by atoms with Crippen molar-refractivity contribution in [2.24, 2.45) is 0 Å². The normalized spacial score (nSPS) is 11.8. The molecule has 176 valence electrons. The maximum Gasteiger partial charge on any atom is 0.336 e. The van der Waals surface area contributed by atoms with E-state index in [1.54, 1.807) is 12.1 Å². The molecule has 4 aromatic rings. The average molecular weight is 521 g/mol. The average Bonchev–Trinajstić information content (AvgIpc) is 2.78. The predicted octanol–water partition coefficient (Wildman–Crippen LogP) is 4.06. The van der Waals surface area contributed by atoms with Gasteiger partial charge >= 0.3 is 5.63 Å². The van der Waals surface area contributed by atoms with Crippen molar-refractivity contribution in [1.29, 1.82) is 0 Å². The number of methoxy groups -OCH3 is 1. The van der Waals surface area contributed by atoms with Gasteiger partial charge in [-0.1, -0.05) is 17.7 Å². The molecule has 9 nitrogen and oxygen atoms in total. The van der Waals surface area contributed by atoms with Gasteiger partial charge in [0.15, 0.2) is 0 Å². The van der Waals surface area contributed by atoms with Crippen LogP contribution in [0.2, 0.25) is 5.02 Å². The van der Waals surface area contributed by atoms with Crippen LogP contribution in [0.5, 0.6) is 5.75 Å². The number of halogens is 1. The van der Waals surface area contributed by atoms with Crippen LogP contribution in [0.3, 0.4) is 0 Å². The number of fused-ring (bicyclic) bond motifs is 1. The first kappa shape index (κ1) is 23.6. The SMILES string of the molecule is COc1ccc(NS(=O)(=O)c2ccc3oc(=O)ccc3c2)cc1S(=O)(=O)Nc1cccc(Cl)c1. The number of anilines is 2. The van der Waals surface area contributed by atoms with Gasteiger partial charge in [-0.15, -0.1) is 0 Å². The highest BCUT2D eigenvalue weighted by Gasteiger charge is 2.23. The Morgan fingerprint density at radius 2 is 1.56 bits per heavy atom. The Kier molecular flexibility index (Phi) is 6.26. The molecule has 0 bridgehead atoms. The van der Waals surface area contributed by atoms with E-state index in [0.29, 0.717) is 10.4 Å². The van der Waals surface area contributed by atoms with E-state index in [-0.39, 0.29) is 32.5 Å². The van der Waals surface area contributed by atoms with E-state index in [1.807, 2.05) is 0 Å². The largest absolute Gasteiger partial charge is 0.495 e. The fourth-order valence-electron chi connectivity index (χ4n) is 3.14. The topological polar surface area (TPSA) is 132 Å². The zero-order valence-electron chi connectivity index (χ0n) is 17.5. The smallest absolute Gasteiger partial charge is 0.336 e. The molecule has 0 radical (unpaired) electrons. The molecule has 0 atom stereocenters. The van der Waals surface area contributed by atoms with Crippen LogP contribution < -0.4 is 19.8 Å². The lowest BCUT2D eigenvalue weighted by molar-refractivity contribution is 0.403. The molecule has 0 saturated carbocycles. The summed E-state index contributed by atoms with van der Waals surface area (Å²) < 4.78 is 66.8. The van der Waals surface area contributed by atoms with Crippen LogP contribution in [-0.2, 0) is 20.0 Å². The van der Waals surface area contributed by atoms with Gasteiger partial charge in [0.05, 0.1) is 23.4 Å². The van der Waals surface area contributed by atoms with Crippen molar-refractivity contribution < 1.29 is 26.0 Å². The van der Waals surface area contributed by atoms with Crippen LogP contribution in [0.25, 0.3) is 11.0 Å². The maximum atomic E-state index is 13.0. The van der Waals surface area contributed by atoms with Gasteiger partial charge < -0.3 is 9.15 Å². The van der Waals surface area contributed by atoms with Crippen molar-refractivity contribution in [2.45, 2.75) is 9.79 Å². The Morgan fingerprint density at radius 3 is 2.29 bits per heavy atom. The van der Waals surface area contributed by atoms with E-state index in [0.717, 1.165) is 6.07 Å². The lowest BCUT2D eigenvalue weighted by Gasteiger charge is -2.14. The predicted molar refractivity (Wildman–Crippen MR) is 129 cm³/mol. The Hall–Kier alpha value is -3.54. The van der Waals surface area contributed by atoms with E-state index < -0.39 is 25.7 Å². The van der Waals surface area contributed by atoms with E-state index in [2.05, 4.69) is 9.44 Å². The number of hydrogen-bond donors (Lipinski definition) is 2. The number of sulfonamides is 2. The highest BCUT2D eigenvalue weighted by Crippen LogP contribution is 2.30. The first-order chi connectivity index (χ1) is 16.1. The molecule has 34 heavy (non-hydrogen) atoms. The minimum atomic E-state index is -4.16. The van der Waals surface area contributed by atoms with Crippen LogP contribution in [0.4, 0.5) is 11.4 Å². The molecule has 0 saturated heterocycles. The molecular formula is C22H17ClN2O7S2. The molecule has 1 aromatic heterocycles. The van der Waals surface area contributed by atoms with E-state index in [4.69, 9.17) is 20.8 Å². The summed E-state index contributed by atoms with van der Waals surface area (Å²) >= 11 is 5.92. The highest BCUT2D eigenvalue weighted by atomic mass is 35.5. The van der Waals surface area contributed by atoms with Gasteiger partial charge in [0, 0.05) is 16.5 Å². The van der Waals surface area contributed by atoms with Gasteiger partial charge in [-0.2, -0.15) is 0 Å². The molecule has 0 aliphatic carbocycles. The summed E-state index contributed by atoms with van der Waals surface area (Å²) in [6.07, 6.45) is 0. The van der Waals surface area contributed by atoms with Crippen LogP contribution in [-0.4, -0.2) is 23.9 Å². The second-order valence-corrected chi connectivity index (χ2v) is 10.8. The second-order valence-electron chi connectivity index (χ2n) is 7.04. The number of hydrogen-bond acceptors (Lipinski definition) is 7. The molecule has 2 N–H and O–H groups in total. The molecule has 0 aliphatic rings. The van der Waals surface area contributed by atoms with E-state index in [1.165, 1.54) is 61.7 Å². The summed E-state index contributed by atoms with van der Waals surface area (Å²) in [7, 11) is -6.97. The number of benzene rings is 3. The van der Waals surface area contributed by atoms with Gasteiger partial charge in [0.2, 0.25) is 0 Å². The third-order valence-electron chi connectivity index (χ3n) is 4.68. The Labute approximate surface area is 200 Å². The summed E-state index contributed by atoms with van der Waals surface area (Å²) in [5.74, 6) is 0.0122. The minimum absolute atomic E-state index is 0.00744. The quantitative estimate of drug-likeness (QED) is 0.351. The second kappa shape index (κ2) is 9.01. The lowest BCUT2D eigenvalue weighted by Crippen LogP contribution is -2.16. The van der Waals surface area contributed by atoms with Crippen molar-refractivity contribution >= 4 is 54.0 Å². The molecule has 4 rings (SSSR count). The highest BCUT2D eigenvalue weighted by molar-refractivity contribution is 7.93. The van der Waals surface area contributed by atoms with Crippen LogP contribution in [0.15, 0.2) is 91.8 Å². The van der Waals surface area contributed by atoms with E-state index in [9.17, 15) is 21.6 Å². The third-order valence-corrected chi connectivity index (χ3v) is 7.70. The van der Waals surface area contributed by atoms with Gasteiger partial charge in [-0.25, -0.2) is 21.6 Å². The Bertz CT molecular complexity index is 1670. The van der Waals surface area contributed by atoms with Crippen LogP contribution >= 0.6 is 11.6 Å². The fraction of sp³-hybridized carbons (Fsp3) is 0.0455. The number of ether oxygens (including phenoxy) is 1. The van der Waals surface area contributed by atoms with Crippen molar-refractivity contribution in [3.05, 3.63) is 88.2 Å². The van der Waals surface area contributed by atoms with Crippen molar-refractivity contribution in [3.63, 3.8) is 0 Å². The van der Waals surface area contributed by atoms with Crippen LogP contribution in [0.1, 0.15) is 0 Å². The minimum Gasteiger partial charge on any atom is -0.495 e. The summed E-state index contributed by atoms with van der Waals surface area (Å²) in [5.41, 5.74) is -0.105. The molecule has 0 aliphatic heterocycles. The molecule has 0 spiro atoms. The Balaban J connectivity index is 1.68. The summed E-state index contributed by atoms with van der Waals surface area (Å²) in [6, 6.07) is 16.6. The zero-order valence-corrected chi connectivity index (χ0v) is 19.9. The molecule has 0 amide bonds. The maximum absolute atomic E-state index is 13.0.